The first kappa shape index (κ1) is 17.3. The summed E-state index contributed by atoms with van der Waals surface area (Å²) in [7, 11) is 1.85. The molecule has 2 heterocycles. The van der Waals surface area contributed by atoms with Crippen LogP contribution in [0.1, 0.15) is 26.6 Å². The van der Waals surface area contributed by atoms with Gasteiger partial charge in [0.1, 0.15) is 0 Å². The molecule has 1 amide bonds. The zero-order chi connectivity index (χ0) is 17.8. The van der Waals surface area contributed by atoms with Crippen LogP contribution in [0.2, 0.25) is 0 Å². The third-order valence-electron chi connectivity index (χ3n) is 4.31. The van der Waals surface area contributed by atoms with Gasteiger partial charge in [-0.25, -0.2) is 4.98 Å². The van der Waals surface area contributed by atoms with Gasteiger partial charge < -0.3 is 4.90 Å². The number of aryl methyl sites for hydroxylation is 2. The SMILES string of the molecule is Cc1ncsc1CCN(C)C(=O)c1c(-c2ccccc2)ccnc1C. The molecule has 0 fully saturated rings. The second-order valence-corrected chi connectivity index (χ2v) is 6.96. The van der Waals surface area contributed by atoms with Crippen molar-refractivity contribution in [3.05, 3.63) is 69.9 Å². The molecule has 0 saturated heterocycles. The molecule has 0 atom stereocenters. The van der Waals surface area contributed by atoms with Crippen LogP contribution in [0.5, 0.6) is 0 Å². The summed E-state index contributed by atoms with van der Waals surface area (Å²) in [4.78, 5) is 24.7. The number of rotatable bonds is 5. The van der Waals surface area contributed by atoms with E-state index < -0.39 is 0 Å². The quantitative estimate of drug-likeness (QED) is 0.694. The molecule has 128 valence electrons. The van der Waals surface area contributed by atoms with Crippen LogP contribution in [0.3, 0.4) is 0 Å². The van der Waals surface area contributed by atoms with Gasteiger partial charge in [-0.1, -0.05) is 30.3 Å². The smallest absolute Gasteiger partial charge is 0.256 e. The van der Waals surface area contributed by atoms with Gasteiger partial charge in [0.25, 0.3) is 5.91 Å². The minimum atomic E-state index is 0.00613. The number of amides is 1. The molecule has 0 saturated carbocycles. The number of carbonyl (C=O) groups is 1. The molecular weight excluding hydrogens is 330 g/mol. The van der Waals surface area contributed by atoms with Crippen molar-refractivity contribution < 1.29 is 4.79 Å². The number of hydrogen-bond donors (Lipinski definition) is 0. The highest BCUT2D eigenvalue weighted by Gasteiger charge is 2.20. The highest BCUT2D eigenvalue weighted by molar-refractivity contribution is 7.09. The van der Waals surface area contributed by atoms with Crippen LogP contribution in [0.4, 0.5) is 0 Å². The van der Waals surface area contributed by atoms with Gasteiger partial charge in [0, 0.05) is 31.1 Å². The lowest BCUT2D eigenvalue weighted by molar-refractivity contribution is 0.0796. The number of pyridine rings is 1. The maximum absolute atomic E-state index is 13.1. The molecule has 25 heavy (non-hydrogen) atoms. The van der Waals surface area contributed by atoms with E-state index in [2.05, 4.69) is 9.97 Å². The monoisotopic (exact) mass is 351 g/mol. The Morgan fingerprint density at radius 2 is 1.84 bits per heavy atom. The Kier molecular flexibility index (Phi) is 5.24. The summed E-state index contributed by atoms with van der Waals surface area (Å²) < 4.78 is 0. The fourth-order valence-electron chi connectivity index (χ4n) is 2.82. The lowest BCUT2D eigenvalue weighted by atomic mass is 9.98. The molecule has 3 aromatic rings. The maximum atomic E-state index is 13.1. The lowest BCUT2D eigenvalue weighted by Crippen LogP contribution is -2.30. The predicted molar refractivity (Wildman–Crippen MR) is 102 cm³/mol. The van der Waals surface area contributed by atoms with Gasteiger partial charge in [-0.05, 0) is 31.0 Å². The molecule has 0 spiro atoms. The van der Waals surface area contributed by atoms with Crippen LogP contribution >= 0.6 is 11.3 Å². The van der Waals surface area contributed by atoms with E-state index in [0.717, 1.165) is 28.9 Å². The second kappa shape index (κ2) is 7.57. The third-order valence-corrected chi connectivity index (χ3v) is 5.30. The fraction of sp³-hybridized carbons (Fsp3) is 0.250. The average Bonchev–Trinajstić information content (AvgIpc) is 3.04. The van der Waals surface area contributed by atoms with Crippen LogP contribution in [0.25, 0.3) is 11.1 Å². The first-order valence-corrected chi connectivity index (χ1v) is 9.11. The Bertz CT molecular complexity index is 874. The van der Waals surface area contributed by atoms with Crippen LogP contribution in [0.15, 0.2) is 48.1 Å². The van der Waals surface area contributed by atoms with Gasteiger partial charge in [-0.15, -0.1) is 11.3 Å². The Balaban J connectivity index is 1.85. The van der Waals surface area contributed by atoms with Crippen molar-refractivity contribution in [2.24, 2.45) is 0 Å². The number of aromatic nitrogens is 2. The van der Waals surface area contributed by atoms with E-state index in [4.69, 9.17) is 0 Å². The van der Waals surface area contributed by atoms with Crippen LogP contribution in [0, 0.1) is 13.8 Å². The van der Waals surface area contributed by atoms with Crippen molar-refractivity contribution in [1.29, 1.82) is 0 Å². The molecule has 5 heteroatoms. The number of benzene rings is 1. The Labute approximate surface area is 152 Å². The molecule has 0 aliphatic carbocycles. The Hall–Kier alpha value is -2.53. The summed E-state index contributed by atoms with van der Waals surface area (Å²) in [6.45, 7) is 4.55. The van der Waals surface area contributed by atoms with Gasteiger partial charge in [-0.2, -0.15) is 0 Å². The summed E-state index contributed by atoms with van der Waals surface area (Å²) in [5, 5.41) is 0. The molecule has 0 N–H and O–H groups in total. The van der Waals surface area contributed by atoms with Crippen molar-refractivity contribution in [1.82, 2.24) is 14.9 Å². The number of carbonyl (C=O) groups excluding carboxylic acids is 1. The van der Waals surface area contributed by atoms with E-state index in [1.807, 2.05) is 62.8 Å². The topological polar surface area (TPSA) is 46.1 Å². The number of likely N-dealkylation sites (N-methyl/N-ethyl adjacent to an activating group) is 1. The van der Waals surface area contributed by atoms with Gasteiger partial charge in [0.15, 0.2) is 0 Å². The molecule has 0 radical (unpaired) electrons. The molecule has 0 unspecified atom stereocenters. The standard InChI is InChI=1S/C20H21N3OS/c1-14-18(25-13-22-14)10-12-23(3)20(24)19-15(2)21-11-9-17(19)16-7-5-4-6-8-16/h4-9,11,13H,10,12H2,1-3H3. The van der Waals surface area contributed by atoms with Crippen LogP contribution in [-0.4, -0.2) is 34.4 Å². The second-order valence-electron chi connectivity index (χ2n) is 6.02. The van der Waals surface area contributed by atoms with Crippen LogP contribution in [-0.2, 0) is 6.42 Å². The normalized spacial score (nSPS) is 10.7. The Morgan fingerprint density at radius 3 is 2.52 bits per heavy atom. The molecule has 4 nitrogen and oxygen atoms in total. The zero-order valence-electron chi connectivity index (χ0n) is 14.7. The molecule has 3 rings (SSSR count). The fourth-order valence-corrected chi connectivity index (χ4v) is 3.59. The van der Waals surface area contributed by atoms with E-state index in [-0.39, 0.29) is 5.91 Å². The third kappa shape index (κ3) is 3.77. The van der Waals surface area contributed by atoms with Gasteiger partial charge in [-0.3, -0.25) is 9.78 Å². The van der Waals surface area contributed by atoms with E-state index in [9.17, 15) is 4.79 Å². The van der Waals surface area contributed by atoms with Gasteiger partial charge in [0.05, 0.1) is 22.5 Å². The van der Waals surface area contributed by atoms with Crippen molar-refractivity contribution >= 4 is 17.2 Å². The summed E-state index contributed by atoms with van der Waals surface area (Å²) in [5.74, 6) is 0.00613. The summed E-state index contributed by atoms with van der Waals surface area (Å²) in [5.41, 5.74) is 6.30. The minimum Gasteiger partial charge on any atom is -0.341 e. The van der Waals surface area contributed by atoms with Crippen molar-refractivity contribution in [3.63, 3.8) is 0 Å². The minimum absolute atomic E-state index is 0.00613. The van der Waals surface area contributed by atoms with E-state index >= 15 is 0 Å². The van der Waals surface area contributed by atoms with Crippen molar-refractivity contribution in [2.75, 3.05) is 13.6 Å². The first-order valence-electron chi connectivity index (χ1n) is 8.23. The Morgan fingerprint density at radius 1 is 1.08 bits per heavy atom. The maximum Gasteiger partial charge on any atom is 0.256 e. The van der Waals surface area contributed by atoms with Crippen molar-refractivity contribution in [3.8, 4) is 11.1 Å². The predicted octanol–water partition coefficient (Wildman–Crippen LogP) is 4.14. The van der Waals surface area contributed by atoms with Gasteiger partial charge in [0.2, 0.25) is 0 Å². The van der Waals surface area contributed by atoms with E-state index in [1.54, 1.807) is 22.4 Å². The molecule has 0 bridgehead atoms. The largest absolute Gasteiger partial charge is 0.341 e. The molecule has 2 aromatic heterocycles. The number of thiazole rings is 1. The first-order chi connectivity index (χ1) is 12.1. The lowest BCUT2D eigenvalue weighted by Gasteiger charge is -2.20. The highest BCUT2D eigenvalue weighted by Crippen LogP contribution is 2.26. The van der Waals surface area contributed by atoms with Crippen molar-refractivity contribution in [2.45, 2.75) is 20.3 Å². The van der Waals surface area contributed by atoms with E-state index in [1.165, 1.54) is 4.88 Å². The highest BCUT2D eigenvalue weighted by atomic mass is 32.1. The number of hydrogen-bond acceptors (Lipinski definition) is 4. The summed E-state index contributed by atoms with van der Waals surface area (Å²) in [6, 6.07) is 11.9. The summed E-state index contributed by atoms with van der Waals surface area (Å²) in [6.07, 6.45) is 2.58. The molecule has 0 aliphatic rings. The summed E-state index contributed by atoms with van der Waals surface area (Å²) >= 11 is 1.64. The van der Waals surface area contributed by atoms with Gasteiger partial charge >= 0.3 is 0 Å². The molecule has 0 aliphatic heterocycles. The molecule has 1 aromatic carbocycles. The van der Waals surface area contributed by atoms with Crippen LogP contribution < -0.4 is 0 Å². The average molecular weight is 351 g/mol. The zero-order valence-corrected chi connectivity index (χ0v) is 15.5. The molecular formula is C20H21N3OS. The van der Waals surface area contributed by atoms with E-state index in [0.29, 0.717) is 12.1 Å². The number of nitrogens with zero attached hydrogens (tertiary/aromatic N) is 3.